The lowest BCUT2D eigenvalue weighted by atomic mass is 10.1. The van der Waals surface area contributed by atoms with Crippen LogP contribution in [0, 0.1) is 0 Å². The third-order valence-electron chi connectivity index (χ3n) is 4.63. The molecule has 0 aliphatic heterocycles. The van der Waals surface area contributed by atoms with E-state index in [0.29, 0.717) is 22.1 Å². The molecule has 0 aliphatic carbocycles. The molecular formula is C21H21N5O2S. The van der Waals surface area contributed by atoms with E-state index in [-0.39, 0.29) is 11.5 Å². The number of rotatable bonds is 6. The van der Waals surface area contributed by atoms with Crippen LogP contribution >= 0.6 is 11.3 Å². The molecule has 8 heteroatoms. The molecule has 148 valence electrons. The number of fused-ring (bicyclic) bond motifs is 1. The molecule has 4 aromatic rings. The maximum absolute atomic E-state index is 12.8. The zero-order valence-electron chi connectivity index (χ0n) is 15.9. The quantitative estimate of drug-likeness (QED) is 0.450. The average molecular weight is 407 g/mol. The first-order chi connectivity index (χ1) is 14.1. The van der Waals surface area contributed by atoms with Crippen LogP contribution in [0.3, 0.4) is 0 Å². The number of thiophene rings is 1. The smallest absolute Gasteiger partial charge is 0.273 e. The van der Waals surface area contributed by atoms with Gasteiger partial charge < -0.3 is 11.1 Å². The summed E-state index contributed by atoms with van der Waals surface area (Å²) >= 11 is 1.26. The Morgan fingerprint density at radius 2 is 2.03 bits per heavy atom. The van der Waals surface area contributed by atoms with Gasteiger partial charge in [0.15, 0.2) is 0 Å². The highest BCUT2D eigenvalue weighted by atomic mass is 32.1. The fraction of sp³-hybridized carbons (Fsp3) is 0.190. The number of benzene rings is 1. The lowest BCUT2D eigenvalue weighted by Gasteiger charge is -2.03. The fourth-order valence-electron chi connectivity index (χ4n) is 3.11. The van der Waals surface area contributed by atoms with Gasteiger partial charge in [-0.1, -0.05) is 31.5 Å². The lowest BCUT2D eigenvalue weighted by Crippen LogP contribution is -2.13. The number of anilines is 2. The van der Waals surface area contributed by atoms with E-state index in [1.165, 1.54) is 22.1 Å². The van der Waals surface area contributed by atoms with Crippen LogP contribution < -0.4 is 16.6 Å². The van der Waals surface area contributed by atoms with Crippen molar-refractivity contribution in [1.82, 2.24) is 14.8 Å². The number of aromatic nitrogens is 3. The van der Waals surface area contributed by atoms with Crippen LogP contribution in [0.1, 0.15) is 35.1 Å². The van der Waals surface area contributed by atoms with Crippen LogP contribution in [-0.4, -0.2) is 20.7 Å². The van der Waals surface area contributed by atoms with Crippen molar-refractivity contribution in [3.05, 3.63) is 69.5 Å². The molecule has 0 radical (unpaired) electrons. The number of nitrogen functional groups attached to an aromatic ring is 1. The van der Waals surface area contributed by atoms with Crippen LogP contribution in [0.15, 0.2) is 53.3 Å². The number of carbonyl (C=O) groups excluding carboxylic acids is 1. The van der Waals surface area contributed by atoms with Crippen LogP contribution in [-0.2, 0) is 6.42 Å². The third-order valence-corrected chi connectivity index (χ3v) is 5.74. The number of carbonyl (C=O) groups is 1. The first-order valence-corrected chi connectivity index (χ1v) is 10.2. The second kappa shape index (κ2) is 7.92. The van der Waals surface area contributed by atoms with E-state index >= 15 is 0 Å². The Bertz CT molecular complexity index is 1220. The monoisotopic (exact) mass is 407 g/mol. The molecule has 0 bridgehead atoms. The van der Waals surface area contributed by atoms with Gasteiger partial charge in [-0.2, -0.15) is 0 Å². The molecule has 0 saturated heterocycles. The number of unbranched alkanes of at least 4 members (excludes halogenated alkanes) is 1. The highest BCUT2D eigenvalue weighted by Crippen LogP contribution is 2.33. The number of nitrogens with two attached hydrogens (primary N) is 1. The predicted molar refractivity (Wildman–Crippen MR) is 117 cm³/mol. The van der Waals surface area contributed by atoms with Gasteiger partial charge in [0.05, 0.1) is 11.4 Å². The van der Waals surface area contributed by atoms with Gasteiger partial charge in [-0.25, -0.2) is 9.67 Å². The van der Waals surface area contributed by atoms with Gasteiger partial charge in [0.2, 0.25) is 0 Å². The van der Waals surface area contributed by atoms with Crippen molar-refractivity contribution in [3.63, 3.8) is 0 Å². The highest BCUT2D eigenvalue weighted by molar-refractivity contribution is 7.21. The largest absolute Gasteiger partial charge is 0.397 e. The maximum Gasteiger partial charge on any atom is 0.273 e. The molecule has 29 heavy (non-hydrogen) atoms. The Kier molecular flexibility index (Phi) is 5.18. The summed E-state index contributed by atoms with van der Waals surface area (Å²) < 4.78 is 1.37. The maximum atomic E-state index is 12.8. The van der Waals surface area contributed by atoms with E-state index in [1.54, 1.807) is 12.1 Å². The summed E-state index contributed by atoms with van der Waals surface area (Å²) in [6.07, 6.45) is 3.07. The molecule has 4 N–H and O–H groups in total. The van der Waals surface area contributed by atoms with E-state index < -0.39 is 0 Å². The Morgan fingerprint density at radius 3 is 2.79 bits per heavy atom. The minimum Gasteiger partial charge on any atom is -0.397 e. The summed E-state index contributed by atoms with van der Waals surface area (Å²) in [4.78, 5) is 30.8. The van der Waals surface area contributed by atoms with Gasteiger partial charge in [0, 0.05) is 17.1 Å². The molecule has 3 aromatic heterocycles. The number of hydrogen-bond donors (Lipinski definition) is 3. The number of nitrogens with one attached hydrogen (secondary N) is 2. The Balaban J connectivity index is 1.59. The van der Waals surface area contributed by atoms with Gasteiger partial charge in [-0.05, 0) is 37.1 Å². The van der Waals surface area contributed by atoms with Crippen molar-refractivity contribution < 1.29 is 4.79 Å². The van der Waals surface area contributed by atoms with E-state index in [0.717, 1.165) is 35.2 Å². The Labute approximate surface area is 171 Å². The van der Waals surface area contributed by atoms with Crippen LogP contribution in [0.2, 0.25) is 0 Å². The highest BCUT2D eigenvalue weighted by Gasteiger charge is 2.19. The molecule has 1 amide bonds. The van der Waals surface area contributed by atoms with E-state index in [1.807, 2.05) is 30.3 Å². The number of aryl methyl sites for hydroxylation is 1. The minimum atomic E-state index is -0.373. The van der Waals surface area contributed by atoms with E-state index in [9.17, 15) is 9.59 Å². The molecule has 0 atom stereocenters. The van der Waals surface area contributed by atoms with Crippen molar-refractivity contribution >= 4 is 39.0 Å². The van der Waals surface area contributed by atoms with Gasteiger partial charge in [0.1, 0.15) is 15.5 Å². The molecule has 3 heterocycles. The molecule has 1 aromatic carbocycles. The topological polar surface area (TPSA) is 106 Å². The first-order valence-electron chi connectivity index (χ1n) is 9.43. The van der Waals surface area contributed by atoms with E-state index in [4.69, 9.17) is 5.73 Å². The zero-order chi connectivity index (χ0) is 20.4. The standard InChI is InChI=1S/C21H21N5O2S/c1-2-3-7-13-10-11-15-18(22)19(29-21(15)23-13)20(28)24-16-12-17(27)26(25-16)14-8-5-4-6-9-14/h4-6,8-12,25H,2-3,7,22H2,1H3,(H,24,28). The Hall–Kier alpha value is -3.39. The molecule has 0 spiro atoms. The fourth-order valence-corrected chi connectivity index (χ4v) is 4.12. The normalized spacial score (nSPS) is 11.1. The zero-order valence-corrected chi connectivity index (χ0v) is 16.8. The van der Waals surface area contributed by atoms with Crippen LogP contribution in [0.25, 0.3) is 15.9 Å². The van der Waals surface area contributed by atoms with Gasteiger partial charge in [0.25, 0.3) is 11.5 Å². The van der Waals surface area contributed by atoms with Crippen LogP contribution in [0.5, 0.6) is 0 Å². The molecule has 7 nitrogen and oxygen atoms in total. The summed E-state index contributed by atoms with van der Waals surface area (Å²) in [5, 5.41) is 6.41. The SMILES string of the molecule is CCCCc1ccc2c(N)c(C(=O)Nc3cc(=O)n(-c4ccccc4)[nH]3)sc2n1. The van der Waals surface area contributed by atoms with Crippen molar-refractivity contribution in [2.45, 2.75) is 26.2 Å². The second-order valence-corrected chi connectivity index (χ2v) is 7.74. The predicted octanol–water partition coefficient (Wildman–Crippen LogP) is 3.95. The number of H-pyrrole nitrogens is 1. The minimum absolute atomic E-state index is 0.266. The summed E-state index contributed by atoms with van der Waals surface area (Å²) in [5.41, 5.74) is 8.02. The van der Waals surface area contributed by atoms with Gasteiger partial charge in [-0.3, -0.25) is 14.7 Å². The molecular weight excluding hydrogens is 386 g/mol. The molecule has 0 saturated carbocycles. The number of aromatic amines is 1. The Morgan fingerprint density at radius 1 is 1.24 bits per heavy atom. The van der Waals surface area contributed by atoms with Crippen molar-refractivity contribution in [1.29, 1.82) is 0 Å². The number of pyridine rings is 1. The average Bonchev–Trinajstić information content (AvgIpc) is 3.26. The van der Waals surface area contributed by atoms with Crippen molar-refractivity contribution in [2.75, 3.05) is 11.1 Å². The number of nitrogens with zero attached hydrogens (tertiary/aromatic N) is 2. The number of hydrogen-bond acceptors (Lipinski definition) is 5. The van der Waals surface area contributed by atoms with Crippen molar-refractivity contribution in [2.24, 2.45) is 0 Å². The lowest BCUT2D eigenvalue weighted by molar-refractivity contribution is 0.103. The summed E-state index contributed by atoms with van der Waals surface area (Å²) in [7, 11) is 0. The number of para-hydroxylation sites is 1. The van der Waals surface area contributed by atoms with Gasteiger partial charge in [-0.15, -0.1) is 11.3 Å². The summed E-state index contributed by atoms with van der Waals surface area (Å²) in [5.74, 6) is -0.0700. The molecule has 0 unspecified atom stereocenters. The second-order valence-electron chi connectivity index (χ2n) is 6.74. The van der Waals surface area contributed by atoms with Gasteiger partial charge >= 0.3 is 0 Å². The van der Waals surface area contributed by atoms with Crippen molar-refractivity contribution in [3.8, 4) is 5.69 Å². The van der Waals surface area contributed by atoms with Crippen LogP contribution in [0.4, 0.5) is 11.5 Å². The molecule has 0 aliphatic rings. The molecule has 0 fully saturated rings. The molecule has 4 rings (SSSR count). The first kappa shape index (κ1) is 18.9. The third kappa shape index (κ3) is 3.79. The summed E-state index contributed by atoms with van der Waals surface area (Å²) in [6, 6.07) is 14.4. The van der Waals surface area contributed by atoms with E-state index in [2.05, 4.69) is 22.3 Å². The number of amides is 1. The summed E-state index contributed by atoms with van der Waals surface area (Å²) in [6.45, 7) is 2.14.